The van der Waals surface area contributed by atoms with E-state index in [1.165, 1.54) is 0 Å². The Hall–Kier alpha value is -1.15. The highest BCUT2D eigenvalue weighted by Gasteiger charge is 2.06. The van der Waals surface area contributed by atoms with Crippen molar-refractivity contribution in [2.24, 2.45) is 0 Å². The van der Waals surface area contributed by atoms with Gasteiger partial charge < -0.3 is 14.9 Å². The molecule has 0 saturated heterocycles. The number of aliphatic hydroxyl groups is 2. The van der Waals surface area contributed by atoms with E-state index < -0.39 is 0 Å². The number of hydrogen-bond acceptors (Lipinski definition) is 4. The van der Waals surface area contributed by atoms with Gasteiger partial charge in [0.15, 0.2) is 0 Å². The van der Waals surface area contributed by atoms with Gasteiger partial charge in [-0.3, -0.25) is 0 Å². The molecule has 0 aliphatic rings. The van der Waals surface area contributed by atoms with Crippen molar-refractivity contribution in [1.82, 2.24) is 0 Å². The normalized spacial score (nSPS) is 11.6. The lowest BCUT2D eigenvalue weighted by Crippen LogP contribution is -2.03. The lowest BCUT2D eigenvalue weighted by Gasteiger charge is -2.10. The number of hydrogen-bond donors (Lipinski definition) is 2. The van der Waals surface area contributed by atoms with E-state index in [2.05, 4.69) is 11.8 Å². The Morgan fingerprint density at radius 3 is 2.79 bits per heavy atom. The summed E-state index contributed by atoms with van der Waals surface area (Å²) in [5.74, 6) is 7.58. The molecule has 1 atom stereocenters. The number of ether oxygens (including phenoxy) is 1. The van der Waals surface area contributed by atoms with Gasteiger partial charge in [0.1, 0.15) is 5.75 Å². The molecule has 19 heavy (non-hydrogen) atoms. The van der Waals surface area contributed by atoms with Crippen molar-refractivity contribution < 1.29 is 14.9 Å². The first kappa shape index (κ1) is 15.9. The van der Waals surface area contributed by atoms with Crippen LogP contribution in [0.4, 0.5) is 0 Å². The predicted octanol–water partition coefficient (Wildman–Crippen LogP) is 2.04. The standard InChI is InChI=1S/C15H20O3S/c1-12(10-17)19-11-14-9-15(18-2)7-6-13(14)5-3-4-8-16/h6-7,9,12,16-17H,4,8,10-11H2,1-2H3. The molecule has 0 radical (unpaired) electrons. The maximum absolute atomic E-state index is 9.05. The van der Waals surface area contributed by atoms with E-state index in [4.69, 9.17) is 14.9 Å². The number of methoxy groups -OCH3 is 1. The van der Waals surface area contributed by atoms with E-state index in [-0.39, 0.29) is 18.5 Å². The molecule has 0 fully saturated rings. The molecule has 0 spiro atoms. The first-order chi connectivity index (χ1) is 9.21. The smallest absolute Gasteiger partial charge is 0.119 e. The Kier molecular flexibility index (Phi) is 7.42. The summed E-state index contributed by atoms with van der Waals surface area (Å²) < 4.78 is 5.22. The minimum atomic E-state index is 0.0782. The van der Waals surface area contributed by atoms with Crippen molar-refractivity contribution in [2.75, 3.05) is 20.3 Å². The van der Waals surface area contributed by atoms with Crippen LogP contribution in [0.1, 0.15) is 24.5 Å². The maximum Gasteiger partial charge on any atom is 0.119 e. The number of thioether (sulfide) groups is 1. The van der Waals surface area contributed by atoms with E-state index in [0.717, 1.165) is 22.6 Å². The molecule has 1 unspecified atom stereocenters. The van der Waals surface area contributed by atoms with Crippen LogP contribution in [0.3, 0.4) is 0 Å². The molecular weight excluding hydrogens is 260 g/mol. The SMILES string of the molecule is COc1ccc(C#CCCO)c(CSC(C)CO)c1. The number of rotatable bonds is 6. The first-order valence-electron chi connectivity index (χ1n) is 6.20. The summed E-state index contributed by atoms with van der Waals surface area (Å²) in [6.07, 6.45) is 0.478. The Morgan fingerprint density at radius 2 is 2.16 bits per heavy atom. The third-order valence-corrected chi connectivity index (χ3v) is 3.75. The maximum atomic E-state index is 9.05. The van der Waals surface area contributed by atoms with Gasteiger partial charge in [-0.15, -0.1) is 0 Å². The van der Waals surface area contributed by atoms with Crippen LogP contribution in [0.5, 0.6) is 5.75 Å². The van der Waals surface area contributed by atoms with Crippen molar-refractivity contribution in [1.29, 1.82) is 0 Å². The molecule has 104 valence electrons. The van der Waals surface area contributed by atoms with Crippen LogP contribution in [0, 0.1) is 11.8 Å². The molecule has 0 bridgehead atoms. The summed E-state index contributed by atoms with van der Waals surface area (Å²) in [5, 5.41) is 18.0. The molecule has 1 aromatic rings. The first-order valence-corrected chi connectivity index (χ1v) is 7.25. The monoisotopic (exact) mass is 280 g/mol. The second kappa shape index (κ2) is 8.87. The van der Waals surface area contributed by atoms with E-state index >= 15 is 0 Å². The summed E-state index contributed by atoms with van der Waals surface area (Å²) >= 11 is 1.68. The highest BCUT2D eigenvalue weighted by Crippen LogP contribution is 2.24. The van der Waals surface area contributed by atoms with Gasteiger partial charge in [-0.2, -0.15) is 11.8 Å². The number of aliphatic hydroxyl groups excluding tert-OH is 2. The zero-order valence-electron chi connectivity index (χ0n) is 11.3. The highest BCUT2D eigenvalue weighted by atomic mass is 32.2. The van der Waals surface area contributed by atoms with Gasteiger partial charge in [0.25, 0.3) is 0 Å². The molecule has 1 rings (SSSR count). The van der Waals surface area contributed by atoms with Crippen LogP contribution in [-0.2, 0) is 5.75 Å². The molecular formula is C15H20O3S. The van der Waals surface area contributed by atoms with E-state index in [1.807, 2.05) is 25.1 Å². The van der Waals surface area contributed by atoms with Gasteiger partial charge in [-0.1, -0.05) is 18.8 Å². The molecule has 0 aromatic heterocycles. The summed E-state index contributed by atoms with van der Waals surface area (Å²) in [7, 11) is 1.64. The van der Waals surface area contributed by atoms with Crippen molar-refractivity contribution in [3.63, 3.8) is 0 Å². The molecule has 0 aliphatic carbocycles. The lowest BCUT2D eigenvalue weighted by molar-refractivity contribution is 0.300. The second-order valence-electron chi connectivity index (χ2n) is 4.10. The minimum Gasteiger partial charge on any atom is -0.497 e. The topological polar surface area (TPSA) is 49.7 Å². The fraction of sp³-hybridized carbons (Fsp3) is 0.467. The minimum absolute atomic E-state index is 0.0782. The van der Waals surface area contributed by atoms with Crippen molar-refractivity contribution >= 4 is 11.8 Å². The third kappa shape index (κ3) is 5.56. The average Bonchev–Trinajstić information content (AvgIpc) is 2.45. The van der Waals surface area contributed by atoms with Crippen LogP contribution in [0.25, 0.3) is 0 Å². The Bertz CT molecular complexity index is 448. The fourth-order valence-electron chi connectivity index (χ4n) is 1.44. The predicted molar refractivity (Wildman–Crippen MR) is 79.4 cm³/mol. The fourth-order valence-corrected chi connectivity index (χ4v) is 2.25. The lowest BCUT2D eigenvalue weighted by atomic mass is 10.1. The molecule has 3 nitrogen and oxygen atoms in total. The molecule has 0 amide bonds. The third-order valence-electron chi connectivity index (χ3n) is 2.55. The van der Waals surface area contributed by atoms with Crippen LogP contribution < -0.4 is 4.74 Å². The summed E-state index contributed by atoms with van der Waals surface area (Å²) in [5.41, 5.74) is 2.04. The molecule has 0 saturated carbocycles. The Balaban J connectivity index is 2.87. The van der Waals surface area contributed by atoms with Crippen LogP contribution in [0.2, 0.25) is 0 Å². The molecule has 4 heteroatoms. The van der Waals surface area contributed by atoms with E-state index in [9.17, 15) is 0 Å². The summed E-state index contributed by atoms with van der Waals surface area (Å²) in [6, 6.07) is 5.79. The molecule has 1 aromatic carbocycles. The van der Waals surface area contributed by atoms with E-state index in [1.54, 1.807) is 18.9 Å². The van der Waals surface area contributed by atoms with Crippen LogP contribution in [0.15, 0.2) is 18.2 Å². The molecule has 0 aliphatic heterocycles. The number of benzene rings is 1. The van der Waals surface area contributed by atoms with Crippen molar-refractivity contribution in [3.05, 3.63) is 29.3 Å². The van der Waals surface area contributed by atoms with Crippen LogP contribution >= 0.6 is 11.8 Å². The summed E-state index contributed by atoms with van der Waals surface area (Å²) in [6.45, 7) is 2.23. The van der Waals surface area contributed by atoms with Gasteiger partial charge in [0.2, 0.25) is 0 Å². The summed E-state index contributed by atoms with van der Waals surface area (Å²) in [4.78, 5) is 0. The van der Waals surface area contributed by atoms with Gasteiger partial charge in [0.05, 0.1) is 20.3 Å². The quantitative estimate of drug-likeness (QED) is 0.783. The van der Waals surface area contributed by atoms with Gasteiger partial charge in [0, 0.05) is 23.0 Å². The largest absolute Gasteiger partial charge is 0.497 e. The van der Waals surface area contributed by atoms with Crippen LogP contribution in [-0.4, -0.2) is 35.8 Å². The average molecular weight is 280 g/mol. The van der Waals surface area contributed by atoms with Gasteiger partial charge >= 0.3 is 0 Å². The second-order valence-corrected chi connectivity index (χ2v) is 5.53. The van der Waals surface area contributed by atoms with E-state index in [0.29, 0.717) is 6.42 Å². The van der Waals surface area contributed by atoms with Crippen molar-refractivity contribution in [2.45, 2.75) is 24.3 Å². The zero-order valence-corrected chi connectivity index (χ0v) is 12.2. The molecule has 0 heterocycles. The van der Waals surface area contributed by atoms with Crippen molar-refractivity contribution in [3.8, 4) is 17.6 Å². The highest BCUT2D eigenvalue weighted by molar-refractivity contribution is 7.99. The molecule has 2 N–H and O–H groups in total. The van der Waals surface area contributed by atoms with Gasteiger partial charge in [-0.25, -0.2) is 0 Å². The van der Waals surface area contributed by atoms with Gasteiger partial charge in [-0.05, 0) is 23.8 Å². The Labute approximate surface area is 119 Å². The Morgan fingerprint density at radius 1 is 1.37 bits per heavy atom. The zero-order chi connectivity index (χ0) is 14.1.